The summed E-state index contributed by atoms with van der Waals surface area (Å²) in [4.78, 5) is 0. The monoisotopic (exact) mass is 245 g/mol. The number of halogens is 1. The van der Waals surface area contributed by atoms with E-state index in [1.807, 2.05) is 24.3 Å². The van der Waals surface area contributed by atoms with Crippen molar-refractivity contribution in [2.24, 2.45) is 0 Å². The van der Waals surface area contributed by atoms with Gasteiger partial charge in [-0.05, 0) is 24.1 Å². The van der Waals surface area contributed by atoms with Crippen LogP contribution < -0.4 is 5.32 Å². The van der Waals surface area contributed by atoms with Gasteiger partial charge in [0, 0.05) is 17.8 Å². The summed E-state index contributed by atoms with van der Waals surface area (Å²) < 4.78 is 0. The molecule has 0 aliphatic rings. The van der Waals surface area contributed by atoms with E-state index in [2.05, 4.69) is 36.5 Å². The molecule has 0 aromatic heterocycles. The number of benzene rings is 2. The van der Waals surface area contributed by atoms with Crippen LogP contribution in [0.25, 0.3) is 11.1 Å². The fourth-order valence-corrected chi connectivity index (χ4v) is 2.04. The number of hydrogen-bond acceptors (Lipinski definition) is 1. The van der Waals surface area contributed by atoms with E-state index in [1.54, 1.807) is 0 Å². The quantitative estimate of drug-likeness (QED) is 0.814. The van der Waals surface area contributed by atoms with Gasteiger partial charge < -0.3 is 5.32 Å². The molecular formula is C15H16ClN. The van der Waals surface area contributed by atoms with Gasteiger partial charge in [-0.15, -0.1) is 0 Å². The second-order valence-electron chi connectivity index (χ2n) is 3.99. The average Bonchev–Trinajstić information content (AvgIpc) is 2.37. The molecule has 0 bridgehead atoms. The minimum atomic E-state index is 0.789. The minimum absolute atomic E-state index is 0.789. The van der Waals surface area contributed by atoms with E-state index < -0.39 is 0 Å². The third-order valence-corrected chi connectivity index (χ3v) is 2.95. The number of rotatable bonds is 4. The van der Waals surface area contributed by atoms with Crippen LogP contribution in [-0.2, 0) is 0 Å². The zero-order chi connectivity index (χ0) is 12.1. The predicted octanol–water partition coefficient (Wildman–Crippen LogP) is 4.83. The minimum Gasteiger partial charge on any atom is -0.385 e. The van der Waals surface area contributed by atoms with Crippen molar-refractivity contribution in [3.05, 3.63) is 53.6 Å². The van der Waals surface area contributed by atoms with Crippen LogP contribution in [0.2, 0.25) is 5.02 Å². The lowest BCUT2D eigenvalue weighted by Crippen LogP contribution is -1.99. The maximum absolute atomic E-state index is 6.30. The summed E-state index contributed by atoms with van der Waals surface area (Å²) in [6.45, 7) is 3.12. The molecule has 0 aliphatic carbocycles. The first-order valence-corrected chi connectivity index (χ1v) is 6.28. The van der Waals surface area contributed by atoms with E-state index in [0.717, 1.165) is 34.8 Å². The predicted molar refractivity (Wildman–Crippen MR) is 75.7 cm³/mol. The summed E-state index contributed by atoms with van der Waals surface area (Å²) in [5, 5.41) is 4.12. The molecule has 0 aliphatic heterocycles. The van der Waals surface area contributed by atoms with E-state index in [9.17, 15) is 0 Å². The fourth-order valence-electron chi connectivity index (χ4n) is 1.75. The van der Waals surface area contributed by atoms with Crippen LogP contribution in [0.3, 0.4) is 0 Å². The topological polar surface area (TPSA) is 12.0 Å². The van der Waals surface area contributed by atoms with Gasteiger partial charge >= 0.3 is 0 Å². The van der Waals surface area contributed by atoms with Crippen LogP contribution in [-0.4, -0.2) is 6.54 Å². The Hall–Kier alpha value is -1.47. The molecule has 2 rings (SSSR count). The highest BCUT2D eigenvalue weighted by atomic mass is 35.5. The Kier molecular flexibility index (Phi) is 4.05. The molecule has 1 N–H and O–H groups in total. The van der Waals surface area contributed by atoms with Crippen molar-refractivity contribution in [2.45, 2.75) is 13.3 Å². The van der Waals surface area contributed by atoms with Crippen LogP contribution in [0.15, 0.2) is 48.5 Å². The van der Waals surface area contributed by atoms with Crippen molar-refractivity contribution in [1.29, 1.82) is 0 Å². The third-order valence-electron chi connectivity index (χ3n) is 2.63. The summed E-state index contributed by atoms with van der Waals surface area (Å²) in [5.41, 5.74) is 3.31. The maximum Gasteiger partial charge on any atom is 0.0504 e. The van der Waals surface area contributed by atoms with Gasteiger partial charge in [0.1, 0.15) is 0 Å². The molecule has 1 nitrogen and oxygen atoms in total. The lowest BCUT2D eigenvalue weighted by Gasteiger charge is -2.09. The van der Waals surface area contributed by atoms with Gasteiger partial charge in [-0.2, -0.15) is 0 Å². The first kappa shape index (κ1) is 12.0. The van der Waals surface area contributed by atoms with E-state index >= 15 is 0 Å². The van der Waals surface area contributed by atoms with Crippen LogP contribution in [0.1, 0.15) is 13.3 Å². The van der Waals surface area contributed by atoms with Gasteiger partial charge in [-0.25, -0.2) is 0 Å². The second kappa shape index (κ2) is 5.74. The molecule has 0 fully saturated rings. The van der Waals surface area contributed by atoms with Crippen LogP contribution >= 0.6 is 11.6 Å². The zero-order valence-corrected chi connectivity index (χ0v) is 10.7. The molecular weight excluding hydrogens is 230 g/mol. The van der Waals surface area contributed by atoms with Gasteiger partial charge in [-0.3, -0.25) is 0 Å². The van der Waals surface area contributed by atoms with Gasteiger partial charge in [0.05, 0.1) is 5.02 Å². The van der Waals surface area contributed by atoms with Gasteiger partial charge in [0.2, 0.25) is 0 Å². The summed E-state index contributed by atoms with van der Waals surface area (Å²) in [6, 6.07) is 16.3. The normalized spacial score (nSPS) is 10.2. The van der Waals surface area contributed by atoms with E-state index in [0.29, 0.717) is 0 Å². The van der Waals surface area contributed by atoms with Crippen molar-refractivity contribution in [3.8, 4) is 11.1 Å². The largest absolute Gasteiger partial charge is 0.385 e. The van der Waals surface area contributed by atoms with Crippen molar-refractivity contribution in [1.82, 2.24) is 0 Å². The van der Waals surface area contributed by atoms with Crippen molar-refractivity contribution >= 4 is 17.3 Å². The Morgan fingerprint density at radius 1 is 1.06 bits per heavy atom. The highest BCUT2D eigenvalue weighted by Crippen LogP contribution is 2.30. The van der Waals surface area contributed by atoms with E-state index in [-0.39, 0.29) is 0 Å². The molecule has 0 spiro atoms. The molecule has 0 radical (unpaired) electrons. The number of nitrogens with one attached hydrogen (secondary N) is 1. The van der Waals surface area contributed by atoms with Gasteiger partial charge in [0.15, 0.2) is 0 Å². The molecule has 2 aromatic carbocycles. The molecule has 88 valence electrons. The standard InChI is InChI=1S/C15H16ClN/c1-2-10-17-13-8-9-14(15(16)11-13)12-6-4-3-5-7-12/h3-9,11,17H,2,10H2,1H3. The first-order valence-electron chi connectivity index (χ1n) is 5.90. The van der Waals surface area contributed by atoms with Crippen LogP contribution in [0.5, 0.6) is 0 Å². The fraction of sp³-hybridized carbons (Fsp3) is 0.200. The van der Waals surface area contributed by atoms with E-state index in [1.165, 1.54) is 0 Å². The summed E-state index contributed by atoms with van der Waals surface area (Å²) >= 11 is 6.30. The molecule has 0 saturated heterocycles. The number of anilines is 1. The Balaban J connectivity index is 2.26. The van der Waals surface area contributed by atoms with Crippen LogP contribution in [0, 0.1) is 0 Å². The molecule has 0 saturated carbocycles. The highest BCUT2D eigenvalue weighted by Gasteiger charge is 2.03. The molecule has 0 atom stereocenters. The van der Waals surface area contributed by atoms with Crippen molar-refractivity contribution in [3.63, 3.8) is 0 Å². The average molecular weight is 246 g/mol. The Labute approximate surface area is 107 Å². The molecule has 2 aromatic rings. The van der Waals surface area contributed by atoms with E-state index in [4.69, 9.17) is 11.6 Å². The van der Waals surface area contributed by atoms with Gasteiger partial charge in [-0.1, -0.05) is 54.9 Å². The Morgan fingerprint density at radius 2 is 1.82 bits per heavy atom. The SMILES string of the molecule is CCCNc1ccc(-c2ccccc2)c(Cl)c1. The zero-order valence-electron chi connectivity index (χ0n) is 9.91. The summed E-state index contributed by atoms with van der Waals surface area (Å²) in [6.07, 6.45) is 1.11. The van der Waals surface area contributed by atoms with Crippen molar-refractivity contribution in [2.75, 3.05) is 11.9 Å². The van der Waals surface area contributed by atoms with Crippen LogP contribution in [0.4, 0.5) is 5.69 Å². The molecule has 0 amide bonds. The summed E-state index contributed by atoms with van der Waals surface area (Å²) in [7, 11) is 0. The first-order chi connectivity index (χ1) is 8.31. The molecule has 0 heterocycles. The smallest absolute Gasteiger partial charge is 0.0504 e. The lowest BCUT2D eigenvalue weighted by atomic mass is 10.1. The maximum atomic E-state index is 6.30. The second-order valence-corrected chi connectivity index (χ2v) is 4.39. The van der Waals surface area contributed by atoms with Gasteiger partial charge in [0.25, 0.3) is 0 Å². The van der Waals surface area contributed by atoms with Crippen molar-refractivity contribution < 1.29 is 0 Å². The Morgan fingerprint density at radius 3 is 2.47 bits per heavy atom. The molecule has 17 heavy (non-hydrogen) atoms. The lowest BCUT2D eigenvalue weighted by molar-refractivity contribution is 0.980. The Bertz CT molecular complexity index is 480. The third kappa shape index (κ3) is 3.01. The summed E-state index contributed by atoms with van der Waals surface area (Å²) in [5.74, 6) is 0. The highest BCUT2D eigenvalue weighted by molar-refractivity contribution is 6.33. The molecule has 0 unspecified atom stereocenters. The number of hydrogen-bond donors (Lipinski definition) is 1. The molecule has 2 heteroatoms.